The van der Waals surface area contributed by atoms with Crippen molar-refractivity contribution in [3.05, 3.63) is 48.0 Å². The Morgan fingerprint density at radius 3 is 2.38 bits per heavy atom. The molecule has 0 aliphatic carbocycles. The third kappa shape index (κ3) is 1.66. The van der Waals surface area contributed by atoms with Crippen molar-refractivity contribution in [3.8, 4) is 0 Å². The van der Waals surface area contributed by atoms with Crippen LogP contribution >= 0.6 is 0 Å². The average molecular weight is 216 g/mol. The van der Waals surface area contributed by atoms with E-state index >= 15 is 0 Å². The molecule has 0 radical (unpaired) electrons. The van der Waals surface area contributed by atoms with Gasteiger partial charge in [0.15, 0.2) is 5.60 Å². The second-order valence-corrected chi connectivity index (χ2v) is 3.94. The minimum absolute atomic E-state index is 0.388. The minimum atomic E-state index is -1.84. The molecule has 3 heteroatoms. The first-order valence-electron chi connectivity index (χ1n) is 4.97. The highest BCUT2D eigenvalue weighted by molar-refractivity contribution is 5.86. The maximum absolute atomic E-state index is 10.9. The lowest BCUT2D eigenvalue weighted by Crippen LogP contribution is -2.31. The molecular weight excluding hydrogens is 204 g/mol. The average Bonchev–Trinajstić information content (AvgIpc) is 2.28. The normalized spacial score (nSPS) is 14.6. The van der Waals surface area contributed by atoms with Crippen molar-refractivity contribution in [1.29, 1.82) is 0 Å². The van der Waals surface area contributed by atoms with Crippen LogP contribution in [-0.2, 0) is 10.4 Å². The van der Waals surface area contributed by atoms with Crippen LogP contribution in [-0.4, -0.2) is 16.2 Å². The second-order valence-electron chi connectivity index (χ2n) is 3.94. The quantitative estimate of drug-likeness (QED) is 0.808. The number of aliphatic carboxylic acids is 1. The topological polar surface area (TPSA) is 57.5 Å². The Morgan fingerprint density at radius 2 is 1.75 bits per heavy atom. The van der Waals surface area contributed by atoms with Crippen molar-refractivity contribution in [2.45, 2.75) is 12.5 Å². The van der Waals surface area contributed by atoms with Crippen LogP contribution in [0, 0.1) is 0 Å². The lowest BCUT2D eigenvalue weighted by molar-refractivity contribution is -0.157. The highest BCUT2D eigenvalue weighted by Gasteiger charge is 2.32. The predicted molar refractivity (Wildman–Crippen MR) is 61.2 cm³/mol. The maximum atomic E-state index is 10.9. The van der Waals surface area contributed by atoms with Crippen molar-refractivity contribution in [2.75, 3.05) is 0 Å². The number of carboxylic acid groups (broad SMARTS) is 1. The molecule has 0 bridgehead atoms. The SMILES string of the molecule is C[C@](O)(C(=O)O)c1ccc2ccccc2c1. The smallest absolute Gasteiger partial charge is 0.340 e. The number of carbonyl (C=O) groups is 1. The van der Waals surface area contributed by atoms with Crippen molar-refractivity contribution in [3.63, 3.8) is 0 Å². The summed E-state index contributed by atoms with van der Waals surface area (Å²) < 4.78 is 0. The summed E-state index contributed by atoms with van der Waals surface area (Å²) in [4.78, 5) is 10.9. The fourth-order valence-electron chi connectivity index (χ4n) is 1.62. The molecule has 0 unspecified atom stereocenters. The van der Waals surface area contributed by atoms with Crippen molar-refractivity contribution in [2.24, 2.45) is 0 Å². The van der Waals surface area contributed by atoms with Crippen molar-refractivity contribution < 1.29 is 15.0 Å². The van der Waals surface area contributed by atoms with Gasteiger partial charge in [-0.1, -0.05) is 36.4 Å². The van der Waals surface area contributed by atoms with Gasteiger partial charge in [-0.3, -0.25) is 0 Å². The molecule has 0 aliphatic heterocycles. The molecule has 1 atom stereocenters. The van der Waals surface area contributed by atoms with Gasteiger partial charge in [0, 0.05) is 0 Å². The van der Waals surface area contributed by atoms with E-state index in [0.717, 1.165) is 10.8 Å². The van der Waals surface area contributed by atoms with E-state index in [0.29, 0.717) is 5.56 Å². The largest absolute Gasteiger partial charge is 0.479 e. The summed E-state index contributed by atoms with van der Waals surface area (Å²) in [5, 5.41) is 20.7. The van der Waals surface area contributed by atoms with Gasteiger partial charge >= 0.3 is 5.97 Å². The van der Waals surface area contributed by atoms with Crippen LogP contribution in [0.4, 0.5) is 0 Å². The van der Waals surface area contributed by atoms with E-state index in [4.69, 9.17) is 5.11 Å². The molecule has 0 spiro atoms. The molecule has 82 valence electrons. The third-order valence-electron chi connectivity index (χ3n) is 2.73. The summed E-state index contributed by atoms with van der Waals surface area (Å²) in [6.45, 7) is 1.28. The molecular formula is C13H12O3. The molecule has 2 N–H and O–H groups in total. The zero-order chi connectivity index (χ0) is 11.8. The number of carboxylic acids is 1. The van der Waals surface area contributed by atoms with E-state index in [1.54, 1.807) is 12.1 Å². The Labute approximate surface area is 93.0 Å². The highest BCUT2D eigenvalue weighted by Crippen LogP contribution is 2.24. The molecule has 0 amide bonds. The summed E-state index contributed by atoms with van der Waals surface area (Å²) in [5.41, 5.74) is -1.46. The summed E-state index contributed by atoms with van der Waals surface area (Å²) in [5.74, 6) is -1.25. The number of fused-ring (bicyclic) bond motifs is 1. The Bertz CT molecular complexity index is 544. The van der Waals surface area contributed by atoms with Crippen LogP contribution in [0.15, 0.2) is 42.5 Å². The Morgan fingerprint density at radius 1 is 1.12 bits per heavy atom. The monoisotopic (exact) mass is 216 g/mol. The fourth-order valence-corrected chi connectivity index (χ4v) is 1.62. The van der Waals surface area contributed by atoms with Gasteiger partial charge in [-0.05, 0) is 29.3 Å². The van der Waals surface area contributed by atoms with Gasteiger partial charge in [0.1, 0.15) is 0 Å². The molecule has 0 heterocycles. The highest BCUT2D eigenvalue weighted by atomic mass is 16.4. The second kappa shape index (κ2) is 3.61. The number of benzene rings is 2. The Kier molecular flexibility index (Phi) is 2.40. The van der Waals surface area contributed by atoms with E-state index in [1.807, 2.05) is 30.3 Å². The molecule has 2 rings (SSSR count). The minimum Gasteiger partial charge on any atom is -0.479 e. The van der Waals surface area contributed by atoms with E-state index < -0.39 is 11.6 Å². The van der Waals surface area contributed by atoms with Crippen molar-refractivity contribution in [1.82, 2.24) is 0 Å². The van der Waals surface area contributed by atoms with Crippen LogP contribution < -0.4 is 0 Å². The maximum Gasteiger partial charge on any atom is 0.340 e. The summed E-state index contributed by atoms with van der Waals surface area (Å²) in [7, 11) is 0. The van der Waals surface area contributed by atoms with E-state index in [9.17, 15) is 9.90 Å². The fraction of sp³-hybridized carbons (Fsp3) is 0.154. The Balaban J connectivity index is 2.59. The van der Waals surface area contributed by atoms with Gasteiger partial charge in [-0.25, -0.2) is 4.79 Å². The van der Waals surface area contributed by atoms with Crippen LogP contribution in [0.25, 0.3) is 10.8 Å². The number of rotatable bonds is 2. The van der Waals surface area contributed by atoms with Crippen LogP contribution in [0.1, 0.15) is 12.5 Å². The Hall–Kier alpha value is -1.87. The standard InChI is InChI=1S/C13H12O3/c1-13(16,12(14)15)11-7-6-9-4-2-3-5-10(9)8-11/h2-8,16H,1H3,(H,14,15)/t13-/m1/s1. The van der Waals surface area contributed by atoms with Gasteiger partial charge in [-0.15, -0.1) is 0 Å². The molecule has 16 heavy (non-hydrogen) atoms. The number of hydrogen-bond acceptors (Lipinski definition) is 2. The first-order chi connectivity index (χ1) is 7.51. The first kappa shape index (κ1) is 10.6. The van der Waals surface area contributed by atoms with Crippen LogP contribution in [0.2, 0.25) is 0 Å². The number of hydrogen-bond donors (Lipinski definition) is 2. The van der Waals surface area contributed by atoms with E-state index in [2.05, 4.69) is 0 Å². The molecule has 3 nitrogen and oxygen atoms in total. The zero-order valence-electron chi connectivity index (χ0n) is 8.84. The van der Waals surface area contributed by atoms with Crippen molar-refractivity contribution >= 4 is 16.7 Å². The molecule has 0 aliphatic rings. The summed E-state index contributed by atoms with van der Waals surface area (Å²) in [6.07, 6.45) is 0. The molecule has 0 saturated heterocycles. The summed E-state index contributed by atoms with van der Waals surface area (Å²) in [6, 6.07) is 12.8. The molecule has 0 saturated carbocycles. The van der Waals surface area contributed by atoms with Gasteiger partial charge < -0.3 is 10.2 Å². The third-order valence-corrected chi connectivity index (χ3v) is 2.73. The lowest BCUT2D eigenvalue weighted by Gasteiger charge is -2.18. The van der Waals surface area contributed by atoms with Gasteiger partial charge in [-0.2, -0.15) is 0 Å². The molecule has 0 fully saturated rings. The molecule has 2 aromatic rings. The van der Waals surface area contributed by atoms with Crippen LogP contribution in [0.3, 0.4) is 0 Å². The first-order valence-corrected chi connectivity index (χ1v) is 4.97. The molecule has 0 aromatic heterocycles. The van der Waals surface area contributed by atoms with Gasteiger partial charge in [0.25, 0.3) is 0 Å². The van der Waals surface area contributed by atoms with E-state index in [-0.39, 0.29) is 0 Å². The number of aliphatic hydroxyl groups is 1. The van der Waals surface area contributed by atoms with Gasteiger partial charge in [0.05, 0.1) is 0 Å². The zero-order valence-corrected chi connectivity index (χ0v) is 8.84. The van der Waals surface area contributed by atoms with Gasteiger partial charge in [0.2, 0.25) is 0 Å². The van der Waals surface area contributed by atoms with Crippen LogP contribution in [0.5, 0.6) is 0 Å². The predicted octanol–water partition coefficient (Wildman–Crippen LogP) is 2.13. The van der Waals surface area contributed by atoms with E-state index in [1.165, 1.54) is 6.92 Å². The molecule has 2 aromatic carbocycles. The lowest BCUT2D eigenvalue weighted by atomic mass is 9.94. The summed E-state index contributed by atoms with van der Waals surface area (Å²) >= 11 is 0.